The van der Waals surface area contributed by atoms with Crippen LogP contribution in [0.15, 0.2) is 35.7 Å². The second-order valence-corrected chi connectivity index (χ2v) is 6.47. The Morgan fingerprint density at radius 2 is 1.81 bits per heavy atom. The fraction of sp³-hybridized carbons (Fsp3) is 0.278. The summed E-state index contributed by atoms with van der Waals surface area (Å²) >= 11 is 1.30. The van der Waals surface area contributed by atoms with Gasteiger partial charge in [0.15, 0.2) is 13.1 Å². The minimum absolute atomic E-state index is 0.148. The van der Waals surface area contributed by atoms with Gasteiger partial charge in [0.1, 0.15) is 16.8 Å². The number of likely N-dealkylation sites (N-methyl/N-ethyl adjacent to an activating group) is 1. The minimum Gasteiger partial charge on any atom is -0.497 e. The van der Waals surface area contributed by atoms with E-state index in [0.717, 1.165) is 4.90 Å². The van der Waals surface area contributed by atoms with Gasteiger partial charge in [-0.1, -0.05) is 0 Å². The van der Waals surface area contributed by atoms with Crippen molar-refractivity contribution in [1.82, 2.24) is 0 Å². The Morgan fingerprint density at radius 3 is 2.38 bits per heavy atom. The fourth-order valence-corrected chi connectivity index (χ4v) is 3.06. The third-order valence-corrected chi connectivity index (χ3v) is 4.56. The van der Waals surface area contributed by atoms with Crippen molar-refractivity contribution in [3.8, 4) is 11.8 Å². The Morgan fingerprint density at radius 1 is 1.15 bits per heavy atom. The predicted molar refractivity (Wildman–Crippen MR) is 101 cm³/mol. The summed E-state index contributed by atoms with van der Waals surface area (Å²) in [4.78, 5) is 25.2. The molecule has 0 aliphatic rings. The third-order valence-electron chi connectivity index (χ3n) is 3.73. The van der Waals surface area contributed by atoms with E-state index in [0.29, 0.717) is 28.5 Å². The van der Waals surface area contributed by atoms with Crippen LogP contribution in [0.3, 0.4) is 0 Å². The van der Waals surface area contributed by atoms with Gasteiger partial charge in [-0.2, -0.15) is 5.26 Å². The normalized spacial score (nSPS) is 11.3. The first kappa shape index (κ1) is 19.4. The summed E-state index contributed by atoms with van der Waals surface area (Å²) in [6.45, 7) is 2.86. The topological polar surface area (TPSA) is 95.7 Å². The Labute approximate surface area is 156 Å². The van der Waals surface area contributed by atoms with Gasteiger partial charge in [-0.25, -0.2) is 0 Å². The number of benzene rings is 1. The molecule has 0 saturated carbocycles. The molecule has 7 nitrogen and oxygen atoms in total. The molecule has 0 spiro atoms. The Kier molecular flexibility index (Phi) is 7.14. The van der Waals surface area contributed by atoms with Gasteiger partial charge in [-0.05, 0) is 42.6 Å². The number of rotatable bonds is 8. The zero-order valence-electron chi connectivity index (χ0n) is 14.7. The number of amides is 2. The number of nitrogens with one attached hydrogen (secondary N) is 3. The number of carbonyl (C=O) groups is 2. The van der Waals surface area contributed by atoms with E-state index in [-0.39, 0.29) is 24.9 Å². The molecule has 1 atom stereocenters. The summed E-state index contributed by atoms with van der Waals surface area (Å²) in [5.41, 5.74) is 1.12. The van der Waals surface area contributed by atoms with E-state index in [1.54, 1.807) is 42.8 Å². The van der Waals surface area contributed by atoms with Crippen molar-refractivity contribution in [3.63, 3.8) is 0 Å². The number of hydrogen-bond donors (Lipinski definition) is 3. The van der Waals surface area contributed by atoms with Gasteiger partial charge in [0.05, 0.1) is 19.2 Å². The van der Waals surface area contributed by atoms with Gasteiger partial charge in [0.2, 0.25) is 0 Å². The van der Waals surface area contributed by atoms with Crippen LogP contribution in [-0.4, -0.2) is 38.6 Å². The molecule has 2 amide bonds. The Bertz CT molecular complexity index is 796. The zero-order valence-corrected chi connectivity index (χ0v) is 15.5. The van der Waals surface area contributed by atoms with Crippen molar-refractivity contribution >= 4 is 33.8 Å². The number of nitrogens with zero attached hydrogens (tertiary/aromatic N) is 1. The number of ether oxygens (including phenoxy) is 1. The first-order valence-electron chi connectivity index (χ1n) is 8.10. The molecule has 0 saturated heterocycles. The van der Waals surface area contributed by atoms with Gasteiger partial charge < -0.3 is 20.3 Å². The number of methoxy groups -OCH3 is 1. The average molecular weight is 373 g/mol. The SMILES string of the molecule is CC[NH+](CC(=O)Nc1ccc(OC)cc1)CC(=O)Nc1sccc1C#N. The van der Waals surface area contributed by atoms with E-state index in [1.165, 1.54) is 11.3 Å². The van der Waals surface area contributed by atoms with E-state index in [2.05, 4.69) is 10.6 Å². The minimum atomic E-state index is -0.224. The average Bonchev–Trinajstić information content (AvgIpc) is 3.08. The molecule has 1 heterocycles. The van der Waals surface area contributed by atoms with E-state index in [9.17, 15) is 9.59 Å². The smallest absolute Gasteiger partial charge is 0.280 e. The van der Waals surface area contributed by atoms with Crippen LogP contribution in [-0.2, 0) is 9.59 Å². The highest BCUT2D eigenvalue weighted by molar-refractivity contribution is 7.14. The maximum atomic E-state index is 12.2. The van der Waals surface area contributed by atoms with Crippen LogP contribution in [0.25, 0.3) is 0 Å². The second-order valence-electron chi connectivity index (χ2n) is 5.56. The van der Waals surface area contributed by atoms with Crippen molar-refractivity contribution in [2.24, 2.45) is 0 Å². The molecule has 0 bridgehead atoms. The molecule has 0 aliphatic carbocycles. The van der Waals surface area contributed by atoms with Crippen molar-refractivity contribution in [1.29, 1.82) is 5.26 Å². The highest BCUT2D eigenvalue weighted by Gasteiger charge is 2.18. The number of anilines is 2. The van der Waals surface area contributed by atoms with Crippen LogP contribution in [0.5, 0.6) is 5.75 Å². The molecule has 3 N–H and O–H groups in total. The molecule has 8 heteroatoms. The summed E-state index contributed by atoms with van der Waals surface area (Å²) in [5, 5.41) is 16.8. The van der Waals surface area contributed by atoms with E-state index in [1.807, 2.05) is 13.0 Å². The standard InChI is InChI=1S/C18H20N4O3S/c1-3-22(12-17(24)21-18-13(10-19)8-9-26-18)11-16(23)20-14-4-6-15(25-2)7-5-14/h4-9H,3,11-12H2,1-2H3,(H,20,23)(H,21,24)/p+1. The zero-order chi connectivity index (χ0) is 18.9. The lowest BCUT2D eigenvalue weighted by atomic mass is 10.3. The molecular weight excluding hydrogens is 352 g/mol. The lowest BCUT2D eigenvalue weighted by Gasteiger charge is -2.16. The molecule has 1 aromatic heterocycles. The lowest BCUT2D eigenvalue weighted by Crippen LogP contribution is -3.13. The molecule has 2 aromatic rings. The van der Waals surface area contributed by atoms with Gasteiger partial charge >= 0.3 is 0 Å². The molecular formula is C18H21N4O3S+. The largest absolute Gasteiger partial charge is 0.497 e. The molecule has 0 aliphatic heterocycles. The molecule has 26 heavy (non-hydrogen) atoms. The number of carbonyl (C=O) groups excluding carboxylic acids is 2. The number of hydrogen-bond acceptors (Lipinski definition) is 5. The lowest BCUT2D eigenvalue weighted by molar-refractivity contribution is -0.881. The van der Waals surface area contributed by atoms with Crippen molar-refractivity contribution in [2.75, 3.05) is 37.4 Å². The summed E-state index contributed by atoms with van der Waals surface area (Å²) in [7, 11) is 1.58. The monoisotopic (exact) mass is 373 g/mol. The maximum Gasteiger partial charge on any atom is 0.280 e. The van der Waals surface area contributed by atoms with Crippen molar-refractivity contribution in [3.05, 3.63) is 41.3 Å². The van der Waals surface area contributed by atoms with Crippen molar-refractivity contribution < 1.29 is 19.2 Å². The van der Waals surface area contributed by atoms with Crippen LogP contribution in [0.1, 0.15) is 12.5 Å². The first-order valence-corrected chi connectivity index (χ1v) is 8.98. The van der Waals surface area contributed by atoms with Gasteiger partial charge in [0, 0.05) is 5.69 Å². The number of thiophene rings is 1. The highest BCUT2D eigenvalue weighted by Crippen LogP contribution is 2.21. The molecule has 2 rings (SSSR count). The first-order chi connectivity index (χ1) is 12.5. The Balaban J connectivity index is 1.86. The summed E-state index contributed by atoms with van der Waals surface area (Å²) < 4.78 is 5.08. The van der Waals surface area contributed by atoms with Crippen LogP contribution in [0.2, 0.25) is 0 Å². The Hall–Kier alpha value is -2.89. The van der Waals surface area contributed by atoms with Crippen LogP contribution in [0.4, 0.5) is 10.7 Å². The summed E-state index contributed by atoms with van der Waals surface area (Å²) in [6.07, 6.45) is 0. The van der Waals surface area contributed by atoms with Crippen LogP contribution in [0, 0.1) is 11.3 Å². The highest BCUT2D eigenvalue weighted by atomic mass is 32.1. The molecule has 136 valence electrons. The van der Waals surface area contributed by atoms with Gasteiger partial charge in [-0.15, -0.1) is 11.3 Å². The number of nitriles is 1. The molecule has 0 radical (unpaired) electrons. The van der Waals surface area contributed by atoms with Crippen LogP contribution >= 0.6 is 11.3 Å². The second kappa shape index (κ2) is 9.56. The van der Waals surface area contributed by atoms with E-state index >= 15 is 0 Å². The van der Waals surface area contributed by atoms with Gasteiger partial charge in [0.25, 0.3) is 11.8 Å². The fourth-order valence-electron chi connectivity index (χ4n) is 2.31. The summed E-state index contributed by atoms with van der Waals surface area (Å²) in [6, 6.07) is 10.7. The molecule has 0 fully saturated rings. The predicted octanol–water partition coefficient (Wildman–Crippen LogP) is 1.11. The molecule has 1 aromatic carbocycles. The van der Waals surface area contributed by atoms with Crippen LogP contribution < -0.4 is 20.3 Å². The van der Waals surface area contributed by atoms with E-state index < -0.39 is 0 Å². The van der Waals surface area contributed by atoms with Gasteiger partial charge in [-0.3, -0.25) is 9.59 Å². The summed E-state index contributed by atoms with van der Waals surface area (Å²) in [5.74, 6) is 0.317. The third kappa shape index (κ3) is 5.58. The molecule has 1 unspecified atom stereocenters. The maximum absolute atomic E-state index is 12.2. The van der Waals surface area contributed by atoms with Crippen molar-refractivity contribution in [2.45, 2.75) is 6.92 Å². The quantitative estimate of drug-likeness (QED) is 0.646. The number of quaternary nitrogens is 1. The van der Waals surface area contributed by atoms with E-state index in [4.69, 9.17) is 10.00 Å².